The Bertz CT molecular complexity index is 754. The molecule has 1 N–H and O–H groups in total. The molecule has 144 valence electrons. The van der Waals surface area contributed by atoms with Gasteiger partial charge in [-0.2, -0.15) is 0 Å². The zero-order chi connectivity index (χ0) is 19.2. The number of piperazine rings is 1. The van der Waals surface area contributed by atoms with Crippen molar-refractivity contribution in [3.05, 3.63) is 65.0 Å². The molecular weight excluding hydrogens is 336 g/mol. The van der Waals surface area contributed by atoms with Gasteiger partial charge in [-0.05, 0) is 43.7 Å². The third kappa shape index (κ3) is 5.37. The van der Waals surface area contributed by atoms with E-state index in [1.54, 1.807) is 6.20 Å². The van der Waals surface area contributed by atoms with Gasteiger partial charge in [0.1, 0.15) is 0 Å². The highest BCUT2D eigenvalue weighted by Crippen LogP contribution is 2.25. The van der Waals surface area contributed by atoms with Crippen LogP contribution >= 0.6 is 0 Å². The lowest BCUT2D eigenvalue weighted by Gasteiger charge is -2.32. The Kier molecular flexibility index (Phi) is 6.58. The summed E-state index contributed by atoms with van der Waals surface area (Å²) in [7, 11) is 2.15. The number of carbonyl (C=O) groups is 1. The minimum atomic E-state index is -0.167. The predicted molar refractivity (Wildman–Crippen MR) is 109 cm³/mol. The monoisotopic (exact) mass is 366 g/mol. The first-order chi connectivity index (χ1) is 13.0. The summed E-state index contributed by atoms with van der Waals surface area (Å²) >= 11 is 0. The molecule has 0 radical (unpaired) electrons. The van der Waals surface area contributed by atoms with Crippen LogP contribution in [0, 0.1) is 13.8 Å². The lowest BCUT2D eigenvalue weighted by molar-refractivity contribution is -0.122. The van der Waals surface area contributed by atoms with Crippen molar-refractivity contribution < 1.29 is 4.79 Å². The van der Waals surface area contributed by atoms with E-state index in [0.29, 0.717) is 6.42 Å². The van der Waals surface area contributed by atoms with E-state index < -0.39 is 0 Å². The summed E-state index contributed by atoms with van der Waals surface area (Å²) in [5.41, 5.74) is 4.55. The third-order valence-corrected chi connectivity index (χ3v) is 5.31. The van der Waals surface area contributed by atoms with Gasteiger partial charge >= 0.3 is 0 Å². The van der Waals surface area contributed by atoms with Gasteiger partial charge in [-0.1, -0.05) is 29.8 Å². The first-order valence-corrected chi connectivity index (χ1v) is 9.70. The van der Waals surface area contributed by atoms with E-state index in [2.05, 4.69) is 59.2 Å². The molecule has 0 spiro atoms. The summed E-state index contributed by atoms with van der Waals surface area (Å²) in [6.45, 7) is 9.21. The number of nitrogens with zero attached hydrogens (tertiary/aromatic N) is 3. The maximum absolute atomic E-state index is 12.7. The summed E-state index contributed by atoms with van der Waals surface area (Å²) in [6.07, 6.45) is 4.12. The number of nitrogens with one attached hydrogen (secondary N) is 1. The van der Waals surface area contributed by atoms with Crippen molar-refractivity contribution >= 4 is 5.91 Å². The number of hydrogen-bond donors (Lipinski definition) is 1. The second-order valence-electron chi connectivity index (χ2n) is 7.54. The van der Waals surface area contributed by atoms with E-state index in [-0.39, 0.29) is 11.9 Å². The molecule has 1 aliphatic rings. The number of hydrogen-bond acceptors (Lipinski definition) is 4. The van der Waals surface area contributed by atoms with Crippen LogP contribution in [0.25, 0.3) is 0 Å². The number of aromatic nitrogens is 1. The molecule has 1 amide bonds. The fourth-order valence-electron chi connectivity index (χ4n) is 3.60. The number of aryl methyl sites for hydroxylation is 2. The van der Waals surface area contributed by atoms with Crippen molar-refractivity contribution in [2.24, 2.45) is 0 Å². The van der Waals surface area contributed by atoms with Gasteiger partial charge in [0.25, 0.3) is 0 Å². The van der Waals surface area contributed by atoms with Crippen LogP contribution in [0.4, 0.5) is 0 Å². The van der Waals surface area contributed by atoms with Gasteiger partial charge in [-0.3, -0.25) is 9.78 Å². The maximum atomic E-state index is 12.7. The summed E-state index contributed by atoms with van der Waals surface area (Å²) in [6, 6.07) is 10.2. The fraction of sp³-hybridized carbons (Fsp3) is 0.455. The number of likely N-dealkylation sites (N-methyl/N-ethyl adjacent to an activating group) is 1. The van der Waals surface area contributed by atoms with Crippen LogP contribution < -0.4 is 5.32 Å². The standard InChI is InChI=1S/C22H30N4O/c1-17-6-7-20(18(2)15-17)22(19-5-4-9-23-16-19)24-21(27)8-10-26-13-11-25(3)12-14-26/h4-7,9,15-16,22H,8,10-14H2,1-3H3,(H,24,27)/t22-/m0/s1. The quantitative estimate of drug-likeness (QED) is 0.854. The highest BCUT2D eigenvalue weighted by Gasteiger charge is 2.20. The number of rotatable bonds is 6. The van der Waals surface area contributed by atoms with Crippen molar-refractivity contribution in [3.8, 4) is 0 Å². The van der Waals surface area contributed by atoms with E-state index in [9.17, 15) is 4.79 Å². The van der Waals surface area contributed by atoms with Crippen molar-refractivity contribution in [1.82, 2.24) is 20.1 Å². The van der Waals surface area contributed by atoms with Crippen molar-refractivity contribution in [2.75, 3.05) is 39.8 Å². The predicted octanol–water partition coefficient (Wildman–Crippen LogP) is 2.54. The van der Waals surface area contributed by atoms with E-state index in [1.165, 1.54) is 11.1 Å². The van der Waals surface area contributed by atoms with Crippen LogP contribution in [0.1, 0.15) is 34.7 Å². The maximum Gasteiger partial charge on any atom is 0.222 e. The molecule has 1 aromatic carbocycles. The second-order valence-corrected chi connectivity index (χ2v) is 7.54. The lowest BCUT2D eigenvalue weighted by atomic mass is 9.94. The Labute approximate surface area is 162 Å². The van der Waals surface area contributed by atoms with E-state index in [4.69, 9.17) is 0 Å². The molecule has 1 aromatic heterocycles. The molecular formula is C22H30N4O. The van der Waals surface area contributed by atoms with E-state index in [1.807, 2.05) is 18.3 Å². The van der Waals surface area contributed by atoms with Crippen molar-refractivity contribution in [1.29, 1.82) is 0 Å². The second kappa shape index (κ2) is 9.11. The molecule has 5 heteroatoms. The summed E-state index contributed by atoms with van der Waals surface area (Å²) < 4.78 is 0. The van der Waals surface area contributed by atoms with Crippen LogP contribution in [0.15, 0.2) is 42.7 Å². The zero-order valence-corrected chi connectivity index (χ0v) is 16.6. The number of carbonyl (C=O) groups excluding carboxylic acids is 1. The van der Waals surface area contributed by atoms with Crippen molar-refractivity contribution in [3.63, 3.8) is 0 Å². The molecule has 2 heterocycles. The molecule has 0 saturated carbocycles. The largest absolute Gasteiger partial charge is 0.345 e. The van der Waals surface area contributed by atoms with E-state index in [0.717, 1.165) is 43.9 Å². The van der Waals surface area contributed by atoms with Crippen LogP contribution in [0.2, 0.25) is 0 Å². The minimum absolute atomic E-state index is 0.0859. The molecule has 1 aliphatic heterocycles. The Morgan fingerprint density at radius 1 is 1.19 bits per heavy atom. The van der Waals surface area contributed by atoms with Crippen molar-refractivity contribution in [2.45, 2.75) is 26.3 Å². The molecule has 1 fully saturated rings. The smallest absolute Gasteiger partial charge is 0.222 e. The fourth-order valence-corrected chi connectivity index (χ4v) is 3.60. The first-order valence-electron chi connectivity index (χ1n) is 9.70. The van der Waals surface area contributed by atoms with Crippen LogP contribution in [0.3, 0.4) is 0 Å². The average Bonchev–Trinajstić information content (AvgIpc) is 2.67. The lowest BCUT2D eigenvalue weighted by Crippen LogP contribution is -2.45. The van der Waals surface area contributed by atoms with E-state index >= 15 is 0 Å². The zero-order valence-electron chi connectivity index (χ0n) is 16.6. The van der Waals surface area contributed by atoms with Gasteiger partial charge in [-0.15, -0.1) is 0 Å². The third-order valence-electron chi connectivity index (χ3n) is 5.31. The first kappa shape index (κ1) is 19.5. The van der Waals surface area contributed by atoms with Crippen LogP contribution in [-0.2, 0) is 4.79 Å². The molecule has 27 heavy (non-hydrogen) atoms. The van der Waals surface area contributed by atoms with Gasteiger partial charge in [0.05, 0.1) is 6.04 Å². The Balaban J connectivity index is 1.69. The molecule has 2 aromatic rings. The molecule has 1 saturated heterocycles. The SMILES string of the molecule is Cc1ccc([C@@H](NC(=O)CCN2CCN(C)CC2)c2cccnc2)c(C)c1. The number of pyridine rings is 1. The van der Waals surface area contributed by atoms with Crippen LogP contribution in [0.5, 0.6) is 0 Å². The normalized spacial score (nSPS) is 16.9. The summed E-state index contributed by atoms with van der Waals surface area (Å²) in [5, 5.41) is 3.24. The molecule has 5 nitrogen and oxygen atoms in total. The topological polar surface area (TPSA) is 48.5 Å². The molecule has 0 unspecified atom stereocenters. The van der Waals surface area contributed by atoms with Gasteiger partial charge in [0.2, 0.25) is 5.91 Å². The molecule has 0 aliphatic carbocycles. The highest BCUT2D eigenvalue weighted by molar-refractivity contribution is 5.77. The van der Waals surface area contributed by atoms with Gasteiger partial charge in [0, 0.05) is 51.5 Å². The Morgan fingerprint density at radius 3 is 2.63 bits per heavy atom. The number of amides is 1. The molecule has 1 atom stereocenters. The minimum Gasteiger partial charge on any atom is -0.345 e. The Morgan fingerprint density at radius 2 is 1.96 bits per heavy atom. The summed E-state index contributed by atoms with van der Waals surface area (Å²) in [5.74, 6) is 0.0859. The number of benzene rings is 1. The van der Waals surface area contributed by atoms with Gasteiger partial charge < -0.3 is 15.1 Å². The van der Waals surface area contributed by atoms with Gasteiger partial charge in [0.15, 0.2) is 0 Å². The Hall–Kier alpha value is -2.24. The summed E-state index contributed by atoms with van der Waals surface area (Å²) in [4.78, 5) is 21.7. The molecule has 0 bridgehead atoms. The average molecular weight is 367 g/mol. The highest BCUT2D eigenvalue weighted by atomic mass is 16.1. The van der Waals surface area contributed by atoms with Gasteiger partial charge in [-0.25, -0.2) is 0 Å². The molecule has 3 rings (SSSR count). The van der Waals surface area contributed by atoms with Crippen LogP contribution in [-0.4, -0.2) is 60.5 Å².